The molecular weight excluding hydrogens is 201 g/mol. The fourth-order valence-corrected chi connectivity index (χ4v) is 1.11. The summed E-state index contributed by atoms with van der Waals surface area (Å²) in [6.45, 7) is 0.102. The van der Waals surface area contributed by atoms with Crippen LogP contribution in [0.5, 0.6) is 5.75 Å². The molecule has 0 atom stereocenters. The van der Waals surface area contributed by atoms with Gasteiger partial charge in [-0.25, -0.2) is 4.98 Å². The summed E-state index contributed by atoms with van der Waals surface area (Å²) < 4.78 is 9.76. The van der Waals surface area contributed by atoms with Gasteiger partial charge in [-0.3, -0.25) is 0 Å². The Morgan fingerprint density at radius 2 is 2.25 bits per heavy atom. The molecule has 0 saturated heterocycles. The van der Waals surface area contributed by atoms with E-state index in [1.54, 1.807) is 6.07 Å². The average Bonchev–Trinajstić information content (AvgIpc) is 2.04. The van der Waals surface area contributed by atoms with Crippen molar-refractivity contribution in [2.75, 3.05) is 13.9 Å². The van der Waals surface area contributed by atoms with Crippen molar-refractivity contribution in [3.8, 4) is 5.75 Å². The smallest absolute Gasteiger partial charge is 0.188 e. The quantitative estimate of drug-likeness (QED) is 0.564. The molecule has 0 amide bonds. The fourth-order valence-electron chi connectivity index (χ4n) is 0.647. The standard InChI is InChI=1S/C7H7Cl2NO2/c1-11-4-12-6-5(8)2-3-10-7(6)9/h2-3H,4H2,1H3. The number of ether oxygens (including phenoxy) is 2. The van der Waals surface area contributed by atoms with E-state index < -0.39 is 0 Å². The predicted molar refractivity (Wildman–Crippen MR) is 46.8 cm³/mol. The zero-order valence-electron chi connectivity index (χ0n) is 6.38. The highest BCUT2D eigenvalue weighted by Gasteiger charge is 2.06. The maximum atomic E-state index is 5.76. The zero-order chi connectivity index (χ0) is 8.97. The van der Waals surface area contributed by atoms with Gasteiger partial charge in [0.05, 0.1) is 5.02 Å². The van der Waals surface area contributed by atoms with E-state index in [9.17, 15) is 0 Å². The number of hydrogen-bond donors (Lipinski definition) is 0. The third-order valence-corrected chi connectivity index (χ3v) is 1.70. The molecule has 1 rings (SSSR count). The van der Waals surface area contributed by atoms with Gasteiger partial charge in [0.15, 0.2) is 17.7 Å². The van der Waals surface area contributed by atoms with E-state index in [-0.39, 0.29) is 11.9 Å². The molecular formula is C7H7Cl2NO2. The third kappa shape index (κ3) is 2.24. The van der Waals surface area contributed by atoms with Crippen molar-refractivity contribution >= 4 is 23.2 Å². The SMILES string of the molecule is COCOc1c(Cl)ccnc1Cl. The Bertz CT molecular complexity index is 247. The van der Waals surface area contributed by atoms with Crippen LogP contribution in [0, 0.1) is 0 Å². The Kier molecular flexibility index (Phi) is 3.59. The first-order valence-corrected chi connectivity index (χ1v) is 3.93. The van der Waals surface area contributed by atoms with Crippen LogP contribution in [0.4, 0.5) is 0 Å². The van der Waals surface area contributed by atoms with Crippen LogP contribution < -0.4 is 4.74 Å². The van der Waals surface area contributed by atoms with E-state index in [1.165, 1.54) is 13.3 Å². The second-order valence-electron chi connectivity index (χ2n) is 1.96. The van der Waals surface area contributed by atoms with Crippen molar-refractivity contribution < 1.29 is 9.47 Å². The van der Waals surface area contributed by atoms with Crippen LogP contribution in [-0.2, 0) is 4.74 Å². The van der Waals surface area contributed by atoms with Crippen LogP contribution in [-0.4, -0.2) is 18.9 Å². The summed E-state index contributed by atoms with van der Waals surface area (Å²) >= 11 is 11.4. The Hall–Kier alpha value is -0.510. The molecule has 0 saturated carbocycles. The number of pyridine rings is 1. The number of aromatic nitrogens is 1. The molecule has 5 heteroatoms. The number of nitrogens with zero attached hydrogens (tertiary/aromatic N) is 1. The van der Waals surface area contributed by atoms with E-state index in [0.717, 1.165) is 0 Å². The number of methoxy groups -OCH3 is 1. The van der Waals surface area contributed by atoms with Gasteiger partial charge in [-0.15, -0.1) is 0 Å². The van der Waals surface area contributed by atoms with Crippen LogP contribution in [0.2, 0.25) is 10.2 Å². The van der Waals surface area contributed by atoms with E-state index in [2.05, 4.69) is 9.72 Å². The third-order valence-electron chi connectivity index (χ3n) is 1.13. The Labute approximate surface area is 80.2 Å². The summed E-state index contributed by atoms with van der Waals surface area (Å²) in [5.41, 5.74) is 0. The van der Waals surface area contributed by atoms with Gasteiger partial charge in [0, 0.05) is 13.3 Å². The van der Waals surface area contributed by atoms with Crippen molar-refractivity contribution in [1.82, 2.24) is 4.98 Å². The predicted octanol–water partition coefficient (Wildman–Crippen LogP) is 2.37. The van der Waals surface area contributed by atoms with Gasteiger partial charge in [0.25, 0.3) is 0 Å². The van der Waals surface area contributed by atoms with Gasteiger partial charge in [0.2, 0.25) is 0 Å². The van der Waals surface area contributed by atoms with Crippen LogP contribution in [0.1, 0.15) is 0 Å². The number of rotatable bonds is 3. The van der Waals surface area contributed by atoms with Gasteiger partial charge in [-0.05, 0) is 6.07 Å². The lowest BCUT2D eigenvalue weighted by Crippen LogP contribution is -2.00. The molecule has 0 aliphatic heterocycles. The number of hydrogen-bond acceptors (Lipinski definition) is 3. The first-order chi connectivity index (χ1) is 5.75. The van der Waals surface area contributed by atoms with Crippen LogP contribution in [0.15, 0.2) is 12.3 Å². The molecule has 12 heavy (non-hydrogen) atoms. The first-order valence-electron chi connectivity index (χ1n) is 3.17. The first kappa shape index (κ1) is 9.58. The highest BCUT2D eigenvalue weighted by Crippen LogP contribution is 2.30. The molecule has 66 valence electrons. The lowest BCUT2D eigenvalue weighted by Gasteiger charge is -2.06. The molecule has 0 aliphatic rings. The van der Waals surface area contributed by atoms with Crippen LogP contribution >= 0.6 is 23.2 Å². The summed E-state index contributed by atoms with van der Waals surface area (Å²) in [5, 5.41) is 0.659. The fraction of sp³-hybridized carbons (Fsp3) is 0.286. The van der Waals surface area contributed by atoms with Crippen molar-refractivity contribution in [3.63, 3.8) is 0 Å². The largest absolute Gasteiger partial charge is 0.463 e. The minimum atomic E-state index is 0.102. The molecule has 0 aromatic carbocycles. The zero-order valence-corrected chi connectivity index (χ0v) is 7.89. The van der Waals surface area contributed by atoms with Crippen LogP contribution in [0.25, 0.3) is 0 Å². The molecule has 0 unspecified atom stereocenters. The van der Waals surface area contributed by atoms with Gasteiger partial charge in [-0.1, -0.05) is 23.2 Å². The second-order valence-corrected chi connectivity index (χ2v) is 2.73. The van der Waals surface area contributed by atoms with E-state index in [1.807, 2.05) is 0 Å². The lowest BCUT2D eigenvalue weighted by atomic mass is 10.4. The molecule has 3 nitrogen and oxygen atoms in total. The average molecular weight is 208 g/mol. The highest BCUT2D eigenvalue weighted by atomic mass is 35.5. The van der Waals surface area contributed by atoms with E-state index >= 15 is 0 Å². The topological polar surface area (TPSA) is 31.4 Å². The van der Waals surface area contributed by atoms with Crippen LogP contribution in [0.3, 0.4) is 0 Å². The molecule has 1 aromatic rings. The van der Waals surface area contributed by atoms with Crippen molar-refractivity contribution in [2.45, 2.75) is 0 Å². The van der Waals surface area contributed by atoms with Crippen molar-refractivity contribution in [1.29, 1.82) is 0 Å². The maximum Gasteiger partial charge on any atom is 0.188 e. The van der Waals surface area contributed by atoms with Crippen molar-refractivity contribution in [3.05, 3.63) is 22.4 Å². The molecule has 0 bridgehead atoms. The number of halogens is 2. The summed E-state index contributed by atoms with van der Waals surface area (Å²) in [6.07, 6.45) is 1.50. The second kappa shape index (κ2) is 4.50. The van der Waals surface area contributed by atoms with Gasteiger partial charge in [0.1, 0.15) is 0 Å². The Balaban J connectivity index is 2.81. The maximum absolute atomic E-state index is 5.76. The van der Waals surface area contributed by atoms with Gasteiger partial charge in [-0.2, -0.15) is 0 Å². The highest BCUT2D eigenvalue weighted by molar-refractivity contribution is 6.36. The van der Waals surface area contributed by atoms with Gasteiger partial charge < -0.3 is 9.47 Å². The molecule has 1 heterocycles. The normalized spacial score (nSPS) is 9.92. The molecule has 0 fully saturated rings. The molecule has 0 radical (unpaired) electrons. The monoisotopic (exact) mass is 207 g/mol. The van der Waals surface area contributed by atoms with Gasteiger partial charge >= 0.3 is 0 Å². The minimum absolute atomic E-state index is 0.102. The lowest BCUT2D eigenvalue weighted by molar-refractivity contribution is 0.0510. The summed E-state index contributed by atoms with van der Waals surface area (Å²) in [4.78, 5) is 3.79. The Morgan fingerprint density at radius 3 is 2.83 bits per heavy atom. The summed E-state index contributed by atoms with van der Waals surface area (Å²) in [6, 6.07) is 1.60. The molecule has 0 spiro atoms. The minimum Gasteiger partial charge on any atom is -0.463 e. The van der Waals surface area contributed by atoms with E-state index in [0.29, 0.717) is 10.8 Å². The molecule has 0 N–H and O–H groups in total. The summed E-state index contributed by atoms with van der Waals surface area (Å²) in [7, 11) is 1.51. The summed E-state index contributed by atoms with van der Waals surface area (Å²) in [5.74, 6) is 0.350. The van der Waals surface area contributed by atoms with Crippen molar-refractivity contribution in [2.24, 2.45) is 0 Å². The Morgan fingerprint density at radius 1 is 1.50 bits per heavy atom. The molecule has 1 aromatic heterocycles. The van der Waals surface area contributed by atoms with E-state index in [4.69, 9.17) is 27.9 Å². The molecule has 0 aliphatic carbocycles.